The Hall–Kier alpha value is -1.71. The van der Waals surface area contributed by atoms with Crippen LogP contribution in [0, 0.1) is 13.8 Å². The predicted octanol–water partition coefficient (Wildman–Crippen LogP) is 5.10. The molecule has 0 aliphatic rings. The van der Waals surface area contributed by atoms with Gasteiger partial charge in [0, 0.05) is 16.1 Å². The first-order chi connectivity index (χ1) is 9.38. The highest BCUT2D eigenvalue weighted by Crippen LogP contribution is 2.32. The molecule has 20 heavy (non-hydrogen) atoms. The molecular weight excluding hydrogens is 299 g/mol. The zero-order valence-electron chi connectivity index (χ0n) is 10.9. The van der Waals surface area contributed by atoms with Gasteiger partial charge in [0.1, 0.15) is 17.1 Å². The molecule has 2 aromatic rings. The van der Waals surface area contributed by atoms with Crippen LogP contribution in [-0.2, 0) is 0 Å². The zero-order valence-corrected chi connectivity index (χ0v) is 12.4. The van der Waals surface area contributed by atoms with Gasteiger partial charge in [-0.25, -0.2) is 4.79 Å². The van der Waals surface area contributed by atoms with Crippen molar-refractivity contribution in [1.82, 2.24) is 0 Å². The summed E-state index contributed by atoms with van der Waals surface area (Å²) in [6.45, 7) is 3.72. The van der Waals surface area contributed by atoms with Crippen LogP contribution in [0.1, 0.15) is 21.5 Å². The highest BCUT2D eigenvalue weighted by atomic mass is 35.5. The van der Waals surface area contributed by atoms with Gasteiger partial charge in [0.15, 0.2) is 0 Å². The number of halogens is 2. The fourth-order valence-electron chi connectivity index (χ4n) is 1.85. The lowest BCUT2D eigenvalue weighted by Crippen LogP contribution is -2.00. The molecule has 2 rings (SSSR count). The minimum absolute atomic E-state index is 0.0552. The Kier molecular flexibility index (Phi) is 4.21. The van der Waals surface area contributed by atoms with Crippen molar-refractivity contribution in [3.8, 4) is 11.5 Å². The molecule has 3 nitrogen and oxygen atoms in total. The standard InChI is InChI=1S/C15H12Cl2O3/c1-8-5-11(6-9(2)14(8)17)20-13-7-10(16)3-4-12(13)15(18)19/h3-7H,1-2H3,(H,18,19). The second kappa shape index (κ2) is 5.73. The number of hydrogen-bond donors (Lipinski definition) is 1. The van der Waals surface area contributed by atoms with Crippen LogP contribution in [0.5, 0.6) is 11.5 Å². The van der Waals surface area contributed by atoms with E-state index in [1.807, 2.05) is 13.8 Å². The van der Waals surface area contributed by atoms with Crippen LogP contribution in [0.2, 0.25) is 10.0 Å². The highest BCUT2D eigenvalue weighted by Gasteiger charge is 2.13. The molecule has 5 heteroatoms. The normalized spacial score (nSPS) is 10.4. The molecule has 0 aliphatic heterocycles. The molecule has 0 unspecified atom stereocenters. The van der Waals surface area contributed by atoms with E-state index in [2.05, 4.69) is 0 Å². The van der Waals surface area contributed by atoms with Crippen LogP contribution in [0.3, 0.4) is 0 Å². The van der Waals surface area contributed by atoms with E-state index in [9.17, 15) is 4.79 Å². The van der Waals surface area contributed by atoms with Crippen molar-refractivity contribution in [3.63, 3.8) is 0 Å². The number of hydrogen-bond acceptors (Lipinski definition) is 2. The van der Waals surface area contributed by atoms with E-state index < -0.39 is 5.97 Å². The summed E-state index contributed by atoms with van der Waals surface area (Å²) in [6.07, 6.45) is 0. The first-order valence-electron chi connectivity index (χ1n) is 5.86. The third kappa shape index (κ3) is 3.06. The summed E-state index contributed by atoms with van der Waals surface area (Å²) in [6, 6.07) is 7.90. The van der Waals surface area contributed by atoms with E-state index in [0.717, 1.165) is 11.1 Å². The molecule has 0 bridgehead atoms. The minimum Gasteiger partial charge on any atom is -0.478 e. The summed E-state index contributed by atoms with van der Waals surface area (Å²) in [5.41, 5.74) is 1.78. The van der Waals surface area contributed by atoms with Crippen LogP contribution in [0.15, 0.2) is 30.3 Å². The van der Waals surface area contributed by atoms with Gasteiger partial charge in [0.05, 0.1) is 0 Å². The van der Waals surface area contributed by atoms with Crippen LogP contribution in [0.25, 0.3) is 0 Å². The van der Waals surface area contributed by atoms with Crippen molar-refractivity contribution in [2.24, 2.45) is 0 Å². The SMILES string of the molecule is Cc1cc(Oc2cc(Cl)ccc2C(=O)O)cc(C)c1Cl. The van der Waals surface area contributed by atoms with E-state index in [-0.39, 0.29) is 11.3 Å². The molecule has 0 aromatic heterocycles. The lowest BCUT2D eigenvalue weighted by Gasteiger charge is -2.11. The lowest BCUT2D eigenvalue weighted by molar-refractivity contribution is 0.0694. The number of carboxylic acid groups (broad SMARTS) is 1. The van der Waals surface area contributed by atoms with Gasteiger partial charge in [-0.3, -0.25) is 0 Å². The van der Waals surface area contributed by atoms with Crippen molar-refractivity contribution < 1.29 is 14.6 Å². The quantitative estimate of drug-likeness (QED) is 0.857. The number of aryl methyl sites for hydroxylation is 2. The Balaban J connectivity index is 2.44. The number of rotatable bonds is 3. The summed E-state index contributed by atoms with van der Waals surface area (Å²) >= 11 is 12.0. The average molecular weight is 311 g/mol. The summed E-state index contributed by atoms with van der Waals surface area (Å²) in [7, 11) is 0. The molecule has 0 saturated carbocycles. The largest absolute Gasteiger partial charge is 0.478 e. The van der Waals surface area contributed by atoms with E-state index in [1.165, 1.54) is 18.2 Å². The van der Waals surface area contributed by atoms with Crippen molar-refractivity contribution in [2.45, 2.75) is 13.8 Å². The Morgan fingerprint density at radius 2 is 1.70 bits per heavy atom. The Morgan fingerprint density at radius 1 is 1.10 bits per heavy atom. The van der Waals surface area contributed by atoms with E-state index in [1.54, 1.807) is 12.1 Å². The summed E-state index contributed by atoms with van der Waals surface area (Å²) in [5, 5.41) is 10.2. The van der Waals surface area contributed by atoms with Crippen LogP contribution >= 0.6 is 23.2 Å². The number of carboxylic acids is 1. The second-order valence-corrected chi connectivity index (χ2v) is 5.23. The molecule has 0 radical (unpaired) electrons. The first kappa shape index (κ1) is 14.7. The van der Waals surface area contributed by atoms with Gasteiger partial charge in [-0.2, -0.15) is 0 Å². The molecule has 0 heterocycles. The monoisotopic (exact) mass is 310 g/mol. The summed E-state index contributed by atoms with van der Waals surface area (Å²) < 4.78 is 5.64. The smallest absolute Gasteiger partial charge is 0.339 e. The summed E-state index contributed by atoms with van der Waals surface area (Å²) in [5.74, 6) is -0.348. The molecule has 0 atom stereocenters. The molecule has 0 spiro atoms. The van der Waals surface area contributed by atoms with Gasteiger partial charge in [0.25, 0.3) is 0 Å². The van der Waals surface area contributed by atoms with Crippen LogP contribution in [0.4, 0.5) is 0 Å². The van der Waals surface area contributed by atoms with Gasteiger partial charge >= 0.3 is 5.97 Å². The zero-order chi connectivity index (χ0) is 14.9. The fraction of sp³-hybridized carbons (Fsp3) is 0.133. The summed E-state index contributed by atoms with van der Waals surface area (Å²) in [4.78, 5) is 11.2. The fourth-order valence-corrected chi connectivity index (χ4v) is 2.12. The second-order valence-electron chi connectivity index (χ2n) is 4.42. The lowest BCUT2D eigenvalue weighted by atomic mass is 10.1. The highest BCUT2D eigenvalue weighted by molar-refractivity contribution is 6.32. The van der Waals surface area contributed by atoms with Gasteiger partial charge in [0.2, 0.25) is 0 Å². The third-order valence-corrected chi connectivity index (χ3v) is 3.64. The van der Waals surface area contributed by atoms with Gasteiger partial charge < -0.3 is 9.84 Å². The molecule has 0 fully saturated rings. The maximum Gasteiger partial charge on any atom is 0.339 e. The number of ether oxygens (including phenoxy) is 1. The molecule has 0 amide bonds. The van der Waals surface area contributed by atoms with E-state index >= 15 is 0 Å². The minimum atomic E-state index is -1.07. The molecule has 0 aliphatic carbocycles. The number of benzene rings is 2. The predicted molar refractivity (Wildman–Crippen MR) is 79.4 cm³/mol. The van der Waals surface area contributed by atoms with Crippen molar-refractivity contribution in [1.29, 1.82) is 0 Å². The topological polar surface area (TPSA) is 46.5 Å². The van der Waals surface area contributed by atoms with Gasteiger partial charge in [-0.15, -0.1) is 0 Å². The number of carbonyl (C=O) groups is 1. The van der Waals surface area contributed by atoms with E-state index in [0.29, 0.717) is 15.8 Å². The van der Waals surface area contributed by atoms with Gasteiger partial charge in [-0.05, 0) is 49.2 Å². The van der Waals surface area contributed by atoms with Crippen molar-refractivity contribution in [2.75, 3.05) is 0 Å². The number of aromatic carboxylic acids is 1. The maximum atomic E-state index is 11.2. The first-order valence-corrected chi connectivity index (χ1v) is 6.61. The molecule has 104 valence electrons. The molecule has 1 N–H and O–H groups in total. The molecular formula is C15H12Cl2O3. The Morgan fingerprint density at radius 3 is 2.25 bits per heavy atom. The average Bonchev–Trinajstić information content (AvgIpc) is 2.35. The molecule has 0 saturated heterocycles. The molecule has 2 aromatic carbocycles. The third-order valence-electron chi connectivity index (χ3n) is 2.81. The van der Waals surface area contributed by atoms with Crippen LogP contribution in [-0.4, -0.2) is 11.1 Å². The van der Waals surface area contributed by atoms with Crippen LogP contribution < -0.4 is 4.74 Å². The Labute approximate surface area is 126 Å². The Bertz CT molecular complexity index is 658. The maximum absolute atomic E-state index is 11.2. The van der Waals surface area contributed by atoms with E-state index in [4.69, 9.17) is 33.0 Å². The van der Waals surface area contributed by atoms with Crippen molar-refractivity contribution in [3.05, 3.63) is 57.1 Å². The van der Waals surface area contributed by atoms with Crippen molar-refractivity contribution >= 4 is 29.2 Å². The van der Waals surface area contributed by atoms with Gasteiger partial charge in [-0.1, -0.05) is 23.2 Å².